The maximum absolute atomic E-state index is 11.7. The van der Waals surface area contributed by atoms with Gasteiger partial charge in [0.2, 0.25) is 5.91 Å². The van der Waals surface area contributed by atoms with E-state index in [0.717, 1.165) is 0 Å². The molecular weight excluding hydrogens is 254 g/mol. The van der Waals surface area contributed by atoms with E-state index in [9.17, 15) is 14.4 Å². The van der Waals surface area contributed by atoms with Crippen molar-refractivity contribution in [1.29, 1.82) is 5.26 Å². The Kier molecular flexibility index (Phi) is 8.74. The zero-order chi connectivity index (χ0) is 14.7. The van der Waals surface area contributed by atoms with Crippen LogP contribution in [0.25, 0.3) is 0 Å². The van der Waals surface area contributed by atoms with Gasteiger partial charge in [0.1, 0.15) is 0 Å². The second-order valence-corrected chi connectivity index (χ2v) is 3.64. The van der Waals surface area contributed by atoms with Gasteiger partial charge >= 0.3 is 12.0 Å². The van der Waals surface area contributed by atoms with Gasteiger partial charge in [-0.25, -0.2) is 4.79 Å². The molecule has 0 rings (SSSR count). The first-order chi connectivity index (χ1) is 9.01. The number of nitrogens with zero attached hydrogens (tertiary/aromatic N) is 2. The maximum Gasteiger partial charge on any atom is 0.324 e. The number of urea groups is 1. The molecule has 2 N–H and O–H groups in total. The van der Waals surface area contributed by atoms with Gasteiger partial charge < -0.3 is 14.7 Å². The highest BCUT2D eigenvalue weighted by Crippen LogP contribution is 1.95. The van der Waals surface area contributed by atoms with Crippen molar-refractivity contribution in [3.63, 3.8) is 0 Å². The molecule has 0 atom stereocenters. The van der Waals surface area contributed by atoms with E-state index in [2.05, 4.69) is 5.32 Å². The van der Waals surface area contributed by atoms with Crippen molar-refractivity contribution in [3.05, 3.63) is 0 Å². The molecule has 0 aromatic rings. The fourth-order valence-electron chi connectivity index (χ4n) is 1.18. The number of carboxylic acid groups (broad SMARTS) is 1. The van der Waals surface area contributed by atoms with Crippen LogP contribution in [0.4, 0.5) is 4.79 Å². The molecule has 0 saturated carbocycles. The van der Waals surface area contributed by atoms with Gasteiger partial charge in [-0.15, -0.1) is 0 Å². The molecule has 0 aliphatic heterocycles. The number of nitriles is 1. The van der Waals surface area contributed by atoms with E-state index < -0.39 is 17.9 Å². The number of nitrogens with one attached hydrogen (secondary N) is 1. The molecule has 0 bridgehead atoms. The van der Waals surface area contributed by atoms with E-state index >= 15 is 0 Å². The van der Waals surface area contributed by atoms with E-state index in [4.69, 9.17) is 15.1 Å². The molecule has 0 radical (unpaired) electrons. The van der Waals surface area contributed by atoms with Gasteiger partial charge in [-0.1, -0.05) is 0 Å². The summed E-state index contributed by atoms with van der Waals surface area (Å²) in [6.45, 7) is 0.705. The Morgan fingerprint density at radius 2 is 2.00 bits per heavy atom. The van der Waals surface area contributed by atoms with Gasteiger partial charge in [-0.3, -0.25) is 14.9 Å². The molecule has 0 aromatic heterocycles. The van der Waals surface area contributed by atoms with Crippen molar-refractivity contribution in [1.82, 2.24) is 10.2 Å². The second-order valence-electron chi connectivity index (χ2n) is 3.64. The molecule has 3 amide bonds. The van der Waals surface area contributed by atoms with E-state index in [0.29, 0.717) is 0 Å². The average molecular weight is 271 g/mol. The van der Waals surface area contributed by atoms with Gasteiger partial charge in [-0.2, -0.15) is 5.26 Å². The molecule has 0 heterocycles. The Morgan fingerprint density at radius 3 is 2.53 bits per heavy atom. The summed E-state index contributed by atoms with van der Waals surface area (Å²) in [5, 5.41) is 19.0. The summed E-state index contributed by atoms with van der Waals surface area (Å²) >= 11 is 0. The van der Waals surface area contributed by atoms with E-state index in [1.54, 1.807) is 0 Å². The molecule has 0 unspecified atom stereocenters. The minimum Gasteiger partial charge on any atom is -0.481 e. The number of hydrogen-bond acceptors (Lipinski definition) is 5. The highest BCUT2D eigenvalue weighted by atomic mass is 16.5. The van der Waals surface area contributed by atoms with Crippen LogP contribution in [0.2, 0.25) is 0 Å². The lowest BCUT2D eigenvalue weighted by Crippen LogP contribution is -2.44. The Balaban J connectivity index is 4.25. The topological polar surface area (TPSA) is 120 Å². The van der Waals surface area contributed by atoms with E-state index in [1.165, 1.54) is 12.0 Å². The Labute approximate surface area is 110 Å². The Bertz CT molecular complexity index is 364. The highest BCUT2D eigenvalue weighted by molar-refractivity contribution is 5.95. The number of aliphatic carboxylic acids is 1. The number of methoxy groups -OCH3 is 1. The van der Waals surface area contributed by atoms with Gasteiger partial charge in [0.25, 0.3) is 0 Å². The van der Waals surface area contributed by atoms with E-state index in [1.807, 2.05) is 6.07 Å². The molecule has 0 aliphatic rings. The third-order valence-electron chi connectivity index (χ3n) is 2.16. The molecule has 106 valence electrons. The summed E-state index contributed by atoms with van der Waals surface area (Å²) < 4.78 is 4.82. The van der Waals surface area contributed by atoms with Crippen LogP contribution in [-0.4, -0.2) is 54.7 Å². The molecule has 0 saturated heterocycles. The minimum absolute atomic E-state index is 0.139. The van der Waals surface area contributed by atoms with Crippen molar-refractivity contribution in [2.75, 3.05) is 26.8 Å². The molecule has 0 fully saturated rings. The van der Waals surface area contributed by atoms with Crippen LogP contribution < -0.4 is 5.32 Å². The highest BCUT2D eigenvalue weighted by Gasteiger charge is 2.16. The summed E-state index contributed by atoms with van der Waals surface area (Å²) in [4.78, 5) is 34.5. The van der Waals surface area contributed by atoms with Crippen LogP contribution in [0.1, 0.15) is 19.3 Å². The number of carbonyl (C=O) groups excluding carboxylic acids is 2. The fourth-order valence-corrected chi connectivity index (χ4v) is 1.18. The first-order valence-electron chi connectivity index (χ1n) is 5.67. The largest absolute Gasteiger partial charge is 0.481 e. The SMILES string of the molecule is COCCN(CCC#N)C(=O)NC(=O)CCC(=O)O. The lowest BCUT2D eigenvalue weighted by atomic mass is 10.3. The normalized spacial score (nSPS) is 9.47. The van der Waals surface area contributed by atoms with Gasteiger partial charge in [0.05, 0.1) is 25.5 Å². The summed E-state index contributed by atoms with van der Waals surface area (Å²) in [7, 11) is 1.47. The molecule has 8 heteroatoms. The third kappa shape index (κ3) is 8.57. The van der Waals surface area contributed by atoms with Crippen LogP contribution in [0.3, 0.4) is 0 Å². The monoisotopic (exact) mass is 271 g/mol. The van der Waals surface area contributed by atoms with Crippen LogP contribution >= 0.6 is 0 Å². The van der Waals surface area contributed by atoms with Crippen molar-refractivity contribution >= 4 is 17.9 Å². The summed E-state index contributed by atoms with van der Waals surface area (Å²) in [5.41, 5.74) is 0. The van der Waals surface area contributed by atoms with Gasteiger partial charge in [0, 0.05) is 26.6 Å². The van der Waals surface area contributed by atoms with Gasteiger partial charge in [-0.05, 0) is 0 Å². The number of carbonyl (C=O) groups is 3. The first-order valence-corrected chi connectivity index (χ1v) is 5.67. The predicted octanol–water partition coefficient (Wildman–Crippen LogP) is -0.0505. The quantitative estimate of drug-likeness (QED) is 0.638. The van der Waals surface area contributed by atoms with Gasteiger partial charge in [0.15, 0.2) is 0 Å². The smallest absolute Gasteiger partial charge is 0.324 e. The number of amides is 3. The molecule has 19 heavy (non-hydrogen) atoms. The molecule has 0 aliphatic carbocycles. The molecular formula is C11H17N3O5. The number of hydrogen-bond donors (Lipinski definition) is 2. The van der Waals surface area contributed by atoms with Crippen LogP contribution in [0, 0.1) is 11.3 Å². The summed E-state index contributed by atoms with van der Waals surface area (Å²) in [5.74, 6) is -1.77. The maximum atomic E-state index is 11.7. The fraction of sp³-hybridized carbons (Fsp3) is 0.636. The molecule has 8 nitrogen and oxygen atoms in total. The summed E-state index contributed by atoms with van der Waals surface area (Å²) in [6, 6.07) is 1.25. The number of ether oxygens (including phenoxy) is 1. The zero-order valence-corrected chi connectivity index (χ0v) is 10.7. The molecule has 0 spiro atoms. The van der Waals surface area contributed by atoms with Crippen molar-refractivity contribution in [3.8, 4) is 6.07 Å². The zero-order valence-electron chi connectivity index (χ0n) is 10.7. The lowest BCUT2D eigenvalue weighted by Gasteiger charge is -2.21. The van der Waals surface area contributed by atoms with Crippen LogP contribution in [0.5, 0.6) is 0 Å². The van der Waals surface area contributed by atoms with E-state index in [-0.39, 0.29) is 39.0 Å². The number of imide groups is 1. The molecule has 0 aromatic carbocycles. The first kappa shape index (κ1) is 16.9. The Hall–Kier alpha value is -2.14. The second kappa shape index (κ2) is 9.85. The lowest BCUT2D eigenvalue weighted by molar-refractivity contribution is -0.138. The number of rotatable bonds is 8. The Morgan fingerprint density at radius 1 is 1.32 bits per heavy atom. The average Bonchev–Trinajstić information content (AvgIpc) is 2.36. The van der Waals surface area contributed by atoms with Crippen molar-refractivity contribution < 1.29 is 24.2 Å². The van der Waals surface area contributed by atoms with Crippen LogP contribution in [0.15, 0.2) is 0 Å². The summed E-state index contributed by atoms with van der Waals surface area (Å²) in [6.07, 6.45) is -0.465. The van der Waals surface area contributed by atoms with Crippen LogP contribution in [-0.2, 0) is 14.3 Å². The van der Waals surface area contributed by atoms with Crippen molar-refractivity contribution in [2.45, 2.75) is 19.3 Å². The number of carboxylic acids is 1. The minimum atomic E-state index is -1.11. The third-order valence-corrected chi connectivity index (χ3v) is 2.16. The van der Waals surface area contributed by atoms with Crippen molar-refractivity contribution in [2.24, 2.45) is 0 Å². The standard InChI is InChI=1S/C11H17N3O5/c1-19-8-7-14(6-2-5-12)11(18)13-9(15)3-4-10(16)17/h2-4,6-8H2,1H3,(H,16,17)(H,13,15,18). The predicted molar refractivity (Wildman–Crippen MR) is 64.1 cm³/mol.